The topological polar surface area (TPSA) is 150 Å². The molecule has 1 fully saturated rings. The van der Waals surface area contributed by atoms with Crippen molar-refractivity contribution in [1.29, 1.82) is 0 Å². The van der Waals surface area contributed by atoms with E-state index in [1.807, 2.05) is 29.2 Å². The summed E-state index contributed by atoms with van der Waals surface area (Å²) in [6.45, 7) is 5.67. The largest absolute Gasteiger partial charge is 0.389 e. The fraction of sp³-hybridized carbons (Fsp3) is 0.444. The van der Waals surface area contributed by atoms with Crippen LogP contribution in [-0.4, -0.2) is 60.9 Å². The molecule has 5 N–H and O–H groups in total. The standard InChI is InChI=1S/C27H34N8O3/c1-4-19-9-10-20(34(19)27(38)25-29-14-30-33-25)11-12-22-23(16(3)37)24(28)35-26(32-22)21(13-31-35)18-7-5-17(6-8-18)15(2)36/h5-8,13,15,19-20,30,36H,4,9-12,14,28H2,1-3H3,(H,29,33)/t15?,19?,20-/m0/s1. The Morgan fingerprint density at radius 1 is 1.21 bits per heavy atom. The van der Waals surface area contributed by atoms with Gasteiger partial charge in [-0.25, -0.2) is 15.4 Å². The van der Waals surface area contributed by atoms with Crippen LogP contribution < -0.4 is 16.6 Å². The smallest absolute Gasteiger partial charge is 0.290 e. The predicted molar refractivity (Wildman–Crippen MR) is 144 cm³/mol. The number of nitrogens with one attached hydrogen (secondary N) is 2. The second-order valence-corrected chi connectivity index (χ2v) is 9.98. The summed E-state index contributed by atoms with van der Waals surface area (Å²) in [6, 6.07) is 7.72. The molecule has 2 aromatic heterocycles. The molecule has 1 saturated heterocycles. The van der Waals surface area contributed by atoms with Gasteiger partial charge >= 0.3 is 0 Å². The number of aliphatic imine (C=N–C) groups is 1. The SMILES string of the molecule is CCC1CC[C@@H](CCc2nc3c(-c4ccc(C(C)O)cc4)cnn3c(N)c2C(C)=O)N1C(=O)C1=NCNN1. The normalized spacial score (nSPS) is 20.0. The van der Waals surface area contributed by atoms with Gasteiger partial charge in [0, 0.05) is 17.6 Å². The lowest BCUT2D eigenvalue weighted by molar-refractivity contribution is -0.127. The molecule has 0 radical (unpaired) electrons. The number of carbonyl (C=O) groups is 2. The highest BCUT2D eigenvalue weighted by atomic mass is 16.3. The van der Waals surface area contributed by atoms with Crippen LogP contribution in [0.25, 0.3) is 16.8 Å². The minimum absolute atomic E-state index is 0.00834. The number of anilines is 1. The number of ketones is 1. The van der Waals surface area contributed by atoms with Gasteiger partial charge in [0.15, 0.2) is 11.4 Å². The molecule has 200 valence electrons. The highest BCUT2D eigenvalue weighted by Gasteiger charge is 2.38. The number of aliphatic hydroxyl groups excluding tert-OH is 1. The van der Waals surface area contributed by atoms with Crippen LogP contribution in [0.15, 0.2) is 35.5 Å². The molecule has 0 aliphatic carbocycles. The molecule has 3 atom stereocenters. The van der Waals surface area contributed by atoms with Gasteiger partial charge in [0.25, 0.3) is 5.91 Å². The third-order valence-corrected chi connectivity index (χ3v) is 7.58. The molecule has 0 bridgehead atoms. The molecule has 2 aliphatic rings. The highest BCUT2D eigenvalue weighted by Crippen LogP contribution is 2.32. The number of Topliss-reactive ketones (excluding diaryl/α,β-unsaturated/α-hetero) is 1. The van der Waals surface area contributed by atoms with E-state index in [4.69, 9.17) is 10.7 Å². The first-order valence-electron chi connectivity index (χ1n) is 13.1. The van der Waals surface area contributed by atoms with Crippen molar-refractivity contribution in [3.05, 3.63) is 47.3 Å². The van der Waals surface area contributed by atoms with E-state index in [1.54, 1.807) is 13.1 Å². The molecular formula is C27H34N8O3. The minimum atomic E-state index is -0.562. The van der Waals surface area contributed by atoms with Crippen LogP contribution in [0.2, 0.25) is 0 Å². The molecule has 0 saturated carbocycles. The molecule has 3 aromatic rings. The van der Waals surface area contributed by atoms with Crippen LogP contribution in [-0.2, 0) is 11.2 Å². The van der Waals surface area contributed by atoms with Crippen LogP contribution in [0.4, 0.5) is 5.82 Å². The lowest BCUT2D eigenvalue weighted by atomic mass is 10.0. The number of hydrazine groups is 1. The van der Waals surface area contributed by atoms with Crippen molar-refractivity contribution >= 4 is 29.0 Å². The van der Waals surface area contributed by atoms with Crippen molar-refractivity contribution in [3.63, 3.8) is 0 Å². The Hall–Kier alpha value is -3.83. The van der Waals surface area contributed by atoms with E-state index >= 15 is 0 Å². The van der Waals surface area contributed by atoms with E-state index < -0.39 is 6.10 Å². The van der Waals surface area contributed by atoms with Gasteiger partial charge in [-0.05, 0) is 57.1 Å². The van der Waals surface area contributed by atoms with Crippen LogP contribution in [0.1, 0.15) is 74.2 Å². The van der Waals surface area contributed by atoms with Crippen LogP contribution in [0.5, 0.6) is 0 Å². The molecule has 1 aromatic carbocycles. The maximum atomic E-state index is 13.3. The Balaban J connectivity index is 1.47. The number of amides is 1. The van der Waals surface area contributed by atoms with Crippen molar-refractivity contribution in [2.24, 2.45) is 4.99 Å². The van der Waals surface area contributed by atoms with E-state index in [0.29, 0.717) is 42.3 Å². The monoisotopic (exact) mass is 518 g/mol. The average molecular weight is 519 g/mol. The maximum absolute atomic E-state index is 13.3. The van der Waals surface area contributed by atoms with Crippen molar-refractivity contribution in [2.75, 3.05) is 12.4 Å². The lowest BCUT2D eigenvalue weighted by Crippen LogP contribution is -2.49. The first-order chi connectivity index (χ1) is 18.3. The zero-order chi connectivity index (χ0) is 27.0. The fourth-order valence-corrected chi connectivity index (χ4v) is 5.58. The van der Waals surface area contributed by atoms with E-state index in [2.05, 4.69) is 27.9 Å². The number of hydrogen-bond donors (Lipinski definition) is 4. The summed E-state index contributed by atoms with van der Waals surface area (Å²) in [6.07, 6.45) is 4.95. The van der Waals surface area contributed by atoms with Crippen LogP contribution >= 0.6 is 0 Å². The molecule has 2 unspecified atom stereocenters. The molecule has 0 spiro atoms. The van der Waals surface area contributed by atoms with Crippen molar-refractivity contribution in [2.45, 2.75) is 71.1 Å². The van der Waals surface area contributed by atoms with Crippen molar-refractivity contribution < 1.29 is 14.7 Å². The number of amidine groups is 1. The third kappa shape index (κ3) is 4.63. The number of nitrogens with zero attached hydrogens (tertiary/aromatic N) is 5. The van der Waals surface area contributed by atoms with Crippen molar-refractivity contribution in [1.82, 2.24) is 30.3 Å². The Morgan fingerprint density at radius 2 is 1.95 bits per heavy atom. The summed E-state index contributed by atoms with van der Waals surface area (Å²) in [7, 11) is 0. The first-order valence-corrected chi connectivity index (χ1v) is 13.1. The van der Waals surface area contributed by atoms with Crippen LogP contribution in [0.3, 0.4) is 0 Å². The molecule has 11 nitrogen and oxygen atoms in total. The highest BCUT2D eigenvalue weighted by molar-refractivity contribution is 6.38. The number of carbonyl (C=O) groups excluding carboxylic acids is 2. The van der Waals surface area contributed by atoms with E-state index in [9.17, 15) is 14.7 Å². The first kappa shape index (κ1) is 25.8. The number of nitrogen functional groups attached to an aromatic ring is 1. The second-order valence-electron chi connectivity index (χ2n) is 9.98. The van der Waals surface area contributed by atoms with E-state index in [1.165, 1.54) is 11.4 Å². The number of aliphatic hydroxyl groups is 1. The average Bonchev–Trinajstić information content (AvgIpc) is 3.66. The zero-order valence-electron chi connectivity index (χ0n) is 21.9. The molecule has 1 amide bonds. The number of nitrogens with two attached hydrogens (primary N) is 1. The number of fused-ring (bicyclic) bond motifs is 1. The summed E-state index contributed by atoms with van der Waals surface area (Å²) in [4.78, 5) is 37.0. The molecule has 5 rings (SSSR count). The summed E-state index contributed by atoms with van der Waals surface area (Å²) < 4.78 is 1.51. The molecule has 2 aliphatic heterocycles. The quantitative estimate of drug-likeness (QED) is 0.332. The van der Waals surface area contributed by atoms with Crippen molar-refractivity contribution in [3.8, 4) is 11.1 Å². The fourth-order valence-electron chi connectivity index (χ4n) is 5.58. The van der Waals surface area contributed by atoms with Gasteiger partial charge in [0.2, 0.25) is 5.84 Å². The minimum Gasteiger partial charge on any atom is -0.389 e. The number of aryl methyl sites for hydroxylation is 1. The molecule has 38 heavy (non-hydrogen) atoms. The Kier molecular flexibility index (Phi) is 7.13. The number of hydrogen-bond acceptors (Lipinski definition) is 9. The summed E-state index contributed by atoms with van der Waals surface area (Å²) in [5.74, 6) is 0.323. The van der Waals surface area contributed by atoms with Gasteiger partial charge in [-0.2, -0.15) is 9.61 Å². The Bertz CT molecular complexity index is 1400. The molecular weight excluding hydrogens is 484 g/mol. The van der Waals surface area contributed by atoms with Gasteiger partial charge in [-0.15, -0.1) is 0 Å². The summed E-state index contributed by atoms with van der Waals surface area (Å²) >= 11 is 0. The zero-order valence-corrected chi connectivity index (χ0v) is 21.9. The number of aromatic nitrogens is 3. The maximum Gasteiger partial charge on any atom is 0.290 e. The predicted octanol–water partition coefficient (Wildman–Crippen LogP) is 2.40. The summed E-state index contributed by atoms with van der Waals surface area (Å²) in [5.41, 5.74) is 16.2. The number of likely N-dealkylation sites (tertiary alicyclic amines) is 1. The Labute approximate surface area is 221 Å². The van der Waals surface area contributed by atoms with Gasteiger partial charge in [0.1, 0.15) is 12.5 Å². The summed E-state index contributed by atoms with van der Waals surface area (Å²) in [5, 5.41) is 14.3. The second kappa shape index (κ2) is 10.5. The van der Waals surface area contributed by atoms with E-state index in [0.717, 1.165) is 36.0 Å². The molecule has 11 heteroatoms. The Morgan fingerprint density at radius 3 is 2.58 bits per heavy atom. The van der Waals surface area contributed by atoms with Gasteiger partial charge in [-0.3, -0.25) is 15.0 Å². The van der Waals surface area contributed by atoms with Gasteiger partial charge in [-0.1, -0.05) is 31.2 Å². The van der Waals surface area contributed by atoms with E-state index in [-0.39, 0.29) is 29.6 Å². The molecule has 4 heterocycles. The third-order valence-electron chi connectivity index (χ3n) is 7.58. The number of benzene rings is 1. The van der Waals surface area contributed by atoms with Gasteiger partial charge in [0.05, 0.1) is 23.6 Å². The van der Waals surface area contributed by atoms with Gasteiger partial charge < -0.3 is 15.7 Å². The number of rotatable bonds is 8. The lowest BCUT2D eigenvalue weighted by Gasteiger charge is -2.30. The van der Waals surface area contributed by atoms with Crippen LogP contribution in [0, 0.1) is 0 Å².